The first-order valence-corrected chi connectivity index (χ1v) is 9.05. The molecule has 7 nitrogen and oxygen atoms in total. The van der Waals surface area contributed by atoms with Crippen molar-refractivity contribution in [2.45, 2.75) is 18.9 Å². The molecule has 0 atom stereocenters. The van der Waals surface area contributed by atoms with E-state index in [-0.39, 0.29) is 5.56 Å². The van der Waals surface area contributed by atoms with Crippen molar-refractivity contribution in [1.82, 2.24) is 29.5 Å². The average Bonchev–Trinajstić information content (AvgIpc) is 3.39. The Kier molecular flexibility index (Phi) is 3.46. The van der Waals surface area contributed by atoms with Gasteiger partial charge in [-0.2, -0.15) is 9.78 Å². The molecule has 1 aliphatic carbocycles. The number of hydrogen-bond donors (Lipinski definition) is 0. The van der Waals surface area contributed by atoms with Gasteiger partial charge in [-0.25, -0.2) is 4.98 Å². The van der Waals surface area contributed by atoms with Crippen molar-refractivity contribution in [1.29, 1.82) is 0 Å². The van der Waals surface area contributed by atoms with Crippen LogP contribution in [-0.2, 0) is 0 Å². The summed E-state index contributed by atoms with van der Waals surface area (Å²) in [5, 5.41) is 13.9. The molecule has 5 rings (SSSR count). The highest BCUT2D eigenvalue weighted by molar-refractivity contribution is 9.10. The largest absolute Gasteiger partial charge is 0.309 e. The van der Waals surface area contributed by atoms with Crippen LogP contribution in [0.5, 0.6) is 0 Å². The first-order chi connectivity index (χ1) is 12.7. The maximum Gasteiger partial charge on any atom is 0.280 e. The van der Waals surface area contributed by atoms with Gasteiger partial charge in [-0.05, 0) is 37.1 Å². The number of hydrogen-bond acceptors (Lipinski definition) is 5. The molecule has 0 amide bonds. The SMILES string of the molecule is O=c1c2cc(Br)ccc2cnn1-c1cccc(-c2nncn2C2CC2)n1. The maximum atomic E-state index is 12.9. The molecule has 0 aliphatic heterocycles. The van der Waals surface area contributed by atoms with Gasteiger partial charge in [0.15, 0.2) is 11.6 Å². The lowest BCUT2D eigenvalue weighted by Gasteiger charge is -2.08. The summed E-state index contributed by atoms with van der Waals surface area (Å²) in [6.07, 6.45) is 5.67. The van der Waals surface area contributed by atoms with Crippen LogP contribution in [0.2, 0.25) is 0 Å². The number of halogens is 1. The van der Waals surface area contributed by atoms with Crippen molar-refractivity contribution in [2.75, 3.05) is 0 Å². The summed E-state index contributed by atoms with van der Waals surface area (Å²) in [4.78, 5) is 17.5. The Bertz CT molecular complexity index is 1190. The van der Waals surface area contributed by atoms with Gasteiger partial charge in [0.2, 0.25) is 0 Å². The van der Waals surface area contributed by atoms with Crippen molar-refractivity contribution in [3.05, 3.63) is 63.7 Å². The van der Waals surface area contributed by atoms with Crippen LogP contribution in [-0.4, -0.2) is 29.5 Å². The Morgan fingerprint density at radius 2 is 2.04 bits per heavy atom. The zero-order chi connectivity index (χ0) is 17.7. The molecule has 26 heavy (non-hydrogen) atoms. The van der Waals surface area contributed by atoms with Gasteiger partial charge in [-0.15, -0.1) is 10.2 Å². The Morgan fingerprint density at radius 1 is 1.15 bits per heavy atom. The molecule has 0 saturated heterocycles. The van der Waals surface area contributed by atoms with Crippen LogP contribution >= 0.6 is 15.9 Å². The molecule has 3 aromatic heterocycles. The lowest BCUT2D eigenvalue weighted by Crippen LogP contribution is -2.22. The molecular weight excluding hydrogens is 396 g/mol. The van der Waals surface area contributed by atoms with Crippen LogP contribution in [0.15, 0.2) is 58.2 Å². The highest BCUT2D eigenvalue weighted by atomic mass is 79.9. The minimum atomic E-state index is -0.211. The van der Waals surface area contributed by atoms with Crippen LogP contribution < -0.4 is 5.56 Å². The van der Waals surface area contributed by atoms with Gasteiger partial charge in [0.05, 0.1) is 11.6 Å². The van der Waals surface area contributed by atoms with Crippen LogP contribution in [0, 0.1) is 0 Å². The summed E-state index contributed by atoms with van der Waals surface area (Å²) >= 11 is 3.41. The van der Waals surface area contributed by atoms with E-state index in [4.69, 9.17) is 0 Å². The Morgan fingerprint density at radius 3 is 2.88 bits per heavy atom. The van der Waals surface area contributed by atoms with Gasteiger partial charge in [-0.3, -0.25) is 4.79 Å². The van der Waals surface area contributed by atoms with Crippen molar-refractivity contribution >= 4 is 26.7 Å². The topological polar surface area (TPSA) is 78.5 Å². The average molecular weight is 409 g/mol. The minimum Gasteiger partial charge on any atom is -0.309 e. The third kappa shape index (κ3) is 2.53. The van der Waals surface area contributed by atoms with E-state index >= 15 is 0 Å². The molecule has 8 heteroatoms. The summed E-state index contributed by atoms with van der Waals surface area (Å²) in [6, 6.07) is 11.5. The molecule has 1 aliphatic rings. The van der Waals surface area contributed by atoms with E-state index in [1.165, 1.54) is 4.68 Å². The Labute approximate surface area is 156 Å². The van der Waals surface area contributed by atoms with E-state index < -0.39 is 0 Å². The van der Waals surface area contributed by atoms with Crippen molar-refractivity contribution in [2.24, 2.45) is 0 Å². The lowest BCUT2D eigenvalue weighted by atomic mass is 10.2. The third-order valence-electron chi connectivity index (χ3n) is 4.44. The monoisotopic (exact) mass is 408 g/mol. The third-order valence-corrected chi connectivity index (χ3v) is 4.94. The number of rotatable bonds is 3. The van der Waals surface area contributed by atoms with Gasteiger partial charge >= 0.3 is 0 Å². The fourth-order valence-electron chi connectivity index (χ4n) is 2.99. The molecule has 0 bridgehead atoms. The zero-order valence-corrected chi connectivity index (χ0v) is 15.2. The molecule has 1 aromatic carbocycles. The zero-order valence-electron chi connectivity index (χ0n) is 13.6. The molecule has 0 radical (unpaired) electrons. The lowest BCUT2D eigenvalue weighted by molar-refractivity contribution is 0.741. The van der Waals surface area contributed by atoms with Gasteiger partial charge in [-0.1, -0.05) is 28.1 Å². The molecule has 1 fully saturated rings. The standard InChI is InChI=1S/C18H13BrN6O/c19-12-5-4-11-9-21-25(18(26)14(11)8-12)16-3-1-2-15(22-16)17-23-20-10-24(17)13-6-7-13/h1-5,8-10,13H,6-7H2. The fraction of sp³-hybridized carbons (Fsp3) is 0.167. The van der Waals surface area contributed by atoms with E-state index in [0.29, 0.717) is 28.8 Å². The predicted molar refractivity (Wildman–Crippen MR) is 100 cm³/mol. The van der Waals surface area contributed by atoms with Crippen LogP contribution in [0.1, 0.15) is 18.9 Å². The maximum absolute atomic E-state index is 12.9. The van der Waals surface area contributed by atoms with Crippen molar-refractivity contribution in [3.8, 4) is 17.3 Å². The molecule has 0 unspecified atom stereocenters. The van der Waals surface area contributed by atoms with Crippen LogP contribution in [0.3, 0.4) is 0 Å². The highest BCUT2D eigenvalue weighted by Crippen LogP contribution is 2.37. The van der Waals surface area contributed by atoms with Crippen molar-refractivity contribution in [3.63, 3.8) is 0 Å². The molecule has 3 heterocycles. The van der Waals surface area contributed by atoms with Crippen LogP contribution in [0.25, 0.3) is 28.1 Å². The summed E-state index contributed by atoms with van der Waals surface area (Å²) in [6.45, 7) is 0. The summed E-state index contributed by atoms with van der Waals surface area (Å²) in [7, 11) is 0. The fourth-order valence-corrected chi connectivity index (χ4v) is 3.35. The number of benzene rings is 1. The Balaban J connectivity index is 1.65. The number of pyridine rings is 1. The van der Waals surface area contributed by atoms with Gasteiger partial charge < -0.3 is 4.57 Å². The quantitative estimate of drug-likeness (QED) is 0.520. The van der Waals surface area contributed by atoms with E-state index in [1.807, 2.05) is 28.8 Å². The molecular formula is C18H13BrN6O. The second-order valence-corrected chi connectivity index (χ2v) is 7.18. The minimum absolute atomic E-state index is 0.211. The molecule has 0 spiro atoms. The first-order valence-electron chi connectivity index (χ1n) is 8.25. The van der Waals surface area contributed by atoms with Gasteiger partial charge in [0, 0.05) is 15.9 Å². The summed E-state index contributed by atoms with van der Waals surface area (Å²) in [5.41, 5.74) is 0.465. The molecule has 128 valence electrons. The van der Waals surface area contributed by atoms with Crippen molar-refractivity contribution < 1.29 is 0 Å². The van der Waals surface area contributed by atoms with E-state index in [9.17, 15) is 4.79 Å². The molecule has 1 saturated carbocycles. The van der Waals surface area contributed by atoms with Crippen LogP contribution in [0.4, 0.5) is 0 Å². The second kappa shape index (κ2) is 5.84. The number of aromatic nitrogens is 6. The van der Waals surface area contributed by atoms with E-state index in [0.717, 1.165) is 22.7 Å². The van der Waals surface area contributed by atoms with E-state index in [1.54, 1.807) is 24.7 Å². The number of nitrogens with zero attached hydrogens (tertiary/aromatic N) is 6. The normalized spacial score (nSPS) is 14.0. The smallest absolute Gasteiger partial charge is 0.280 e. The number of fused-ring (bicyclic) bond motifs is 1. The summed E-state index contributed by atoms with van der Waals surface area (Å²) < 4.78 is 4.20. The van der Waals surface area contributed by atoms with Gasteiger partial charge in [0.1, 0.15) is 12.0 Å². The Hall–Kier alpha value is -2.87. The molecule has 4 aromatic rings. The predicted octanol–water partition coefficient (Wildman–Crippen LogP) is 3.14. The second-order valence-electron chi connectivity index (χ2n) is 6.27. The van der Waals surface area contributed by atoms with E-state index in [2.05, 4.69) is 36.2 Å². The first kappa shape index (κ1) is 15.4. The highest BCUT2D eigenvalue weighted by Gasteiger charge is 2.27. The molecule has 0 N–H and O–H groups in total. The van der Waals surface area contributed by atoms with Gasteiger partial charge in [0.25, 0.3) is 5.56 Å². The summed E-state index contributed by atoms with van der Waals surface area (Å²) in [5.74, 6) is 1.17.